The van der Waals surface area contributed by atoms with E-state index in [0.717, 1.165) is 26.2 Å². The summed E-state index contributed by atoms with van der Waals surface area (Å²) < 4.78 is 32.9. The van der Waals surface area contributed by atoms with E-state index in [1.54, 1.807) is 12.1 Å². The van der Waals surface area contributed by atoms with Crippen LogP contribution in [0.1, 0.15) is 0 Å². The second kappa shape index (κ2) is 6.78. The molecule has 0 aliphatic carbocycles. The maximum atomic E-state index is 13.2. The third kappa shape index (κ3) is 3.18. The van der Waals surface area contributed by atoms with E-state index >= 15 is 0 Å². The lowest BCUT2D eigenvalue weighted by molar-refractivity contribution is 0.208. The monoisotopic (exact) mass is 372 g/mol. The number of aliphatic imine (C=N–C) groups is 1. The van der Waals surface area contributed by atoms with Crippen molar-refractivity contribution in [2.75, 3.05) is 53.4 Å². The van der Waals surface area contributed by atoms with Gasteiger partial charge >= 0.3 is 0 Å². The number of benzene rings is 1. The van der Waals surface area contributed by atoms with E-state index in [2.05, 4.69) is 16.9 Å². The quantitative estimate of drug-likeness (QED) is 0.790. The van der Waals surface area contributed by atoms with Crippen molar-refractivity contribution in [3.63, 3.8) is 0 Å². The van der Waals surface area contributed by atoms with Crippen LogP contribution in [-0.2, 0) is 10.0 Å². The van der Waals surface area contributed by atoms with Gasteiger partial charge in [-0.25, -0.2) is 12.7 Å². The van der Waals surface area contributed by atoms with Crippen LogP contribution < -0.4 is 4.74 Å². The van der Waals surface area contributed by atoms with E-state index in [9.17, 15) is 8.42 Å². The first kappa shape index (κ1) is 17.3. The minimum absolute atomic E-state index is 0.0706. The third-order valence-electron chi connectivity index (χ3n) is 4.26. The summed E-state index contributed by atoms with van der Waals surface area (Å²) in [5.74, 6) is 0.800. The van der Waals surface area contributed by atoms with Gasteiger partial charge in [0.25, 0.3) is 10.0 Å². The number of hydrogen-bond acceptors (Lipinski definition) is 6. The molecule has 9 heteroatoms. The molecule has 0 unspecified atom stereocenters. The molecule has 0 bridgehead atoms. The highest BCUT2D eigenvalue weighted by atomic mass is 35.5. The Morgan fingerprint density at radius 2 is 1.88 bits per heavy atom. The molecule has 0 amide bonds. The summed E-state index contributed by atoms with van der Waals surface area (Å²) in [4.78, 5) is 8.75. The van der Waals surface area contributed by atoms with Crippen molar-refractivity contribution in [2.45, 2.75) is 4.90 Å². The first-order valence-corrected chi connectivity index (χ1v) is 9.59. The molecule has 132 valence electrons. The molecular formula is C15H21ClN4O3S. The molecule has 0 radical (unpaired) electrons. The molecule has 0 saturated carbocycles. The highest BCUT2D eigenvalue weighted by Gasteiger charge is 2.36. The first-order chi connectivity index (χ1) is 11.4. The minimum atomic E-state index is -3.78. The van der Waals surface area contributed by atoms with E-state index < -0.39 is 10.0 Å². The number of likely N-dealkylation sites (N-methyl/N-ethyl adjacent to an activating group) is 1. The number of guanidine groups is 1. The summed E-state index contributed by atoms with van der Waals surface area (Å²) in [5, 5.41) is 0.353. The molecule has 2 heterocycles. The average Bonchev–Trinajstić information content (AvgIpc) is 3.06. The topological polar surface area (TPSA) is 65.5 Å². The molecule has 2 aliphatic rings. The highest BCUT2D eigenvalue weighted by molar-refractivity contribution is 7.89. The lowest BCUT2D eigenvalue weighted by Crippen LogP contribution is -2.52. The summed E-state index contributed by atoms with van der Waals surface area (Å²) in [6.45, 7) is 4.08. The lowest BCUT2D eigenvalue weighted by atomic mass is 10.3. The average molecular weight is 373 g/mol. The second-order valence-corrected chi connectivity index (χ2v) is 8.11. The van der Waals surface area contributed by atoms with Crippen LogP contribution in [0.2, 0.25) is 5.02 Å². The van der Waals surface area contributed by atoms with E-state index in [0.29, 0.717) is 24.1 Å². The van der Waals surface area contributed by atoms with E-state index in [1.807, 2.05) is 4.90 Å². The predicted molar refractivity (Wildman–Crippen MR) is 93.3 cm³/mol. The van der Waals surface area contributed by atoms with Crippen molar-refractivity contribution in [3.05, 3.63) is 23.2 Å². The Labute approximate surface area is 147 Å². The van der Waals surface area contributed by atoms with Gasteiger partial charge in [-0.05, 0) is 25.2 Å². The third-order valence-corrected chi connectivity index (χ3v) is 6.30. The molecule has 0 aromatic heterocycles. The number of rotatable bonds is 3. The van der Waals surface area contributed by atoms with Crippen molar-refractivity contribution < 1.29 is 13.2 Å². The van der Waals surface area contributed by atoms with Crippen LogP contribution in [0.15, 0.2) is 28.1 Å². The first-order valence-electron chi connectivity index (χ1n) is 7.77. The molecule has 24 heavy (non-hydrogen) atoms. The van der Waals surface area contributed by atoms with Crippen LogP contribution in [-0.4, -0.2) is 81.9 Å². The van der Waals surface area contributed by atoms with Crippen molar-refractivity contribution in [1.82, 2.24) is 14.1 Å². The van der Waals surface area contributed by atoms with Crippen LogP contribution in [0.25, 0.3) is 0 Å². The van der Waals surface area contributed by atoms with Gasteiger partial charge in [-0.15, -0.1) is 0 Å². The van der Waals surface area contributed by atoms with Gasteiger partial charge in [0.1, 0.15) is 10.6 Å². The maximum absolute atomic E-state index is 13.2. The summed E-state index contributed by atoms with van der Waals surface area (Å²) >= 11 is 6.00. The van der Waals surface area contributed by atoms with Gasteiger partial charge < -0.3 is 14.5 Å². The van der Waals surface area contributed by atoms with Gasteiger partial charge in [0.05, 0.1) is 20.2 Å². The Balaban J connectivity index is 1.92. The van der Waals surface area contributed by atoms with Crippen LogP contribution in [0.4, 0.5) is 0 Å². The van der Waals surface area contributed by atoms with Crippen LogP contribution >= 0.6 is 11.6 Å². The number of piperazine rings is 1. The number of ether oxygens (including phenoxy) is 1. The Bertz CT molecular complexity index is 745. The van der Waals surface area contributed by atoms with Gasteiger partial charge in [0.2, 0.25) is 5.96 Å². The van der Waals surface area contributed by atoms with Gasteiger partial charge in [0, 0.05) is 31.2 Å². The fourth-order valence-corrected chi connectivity index (χ4v) is 4.75. The molecular weight excluding hydrogens is 352 g/mol. The summed E-state index contributed by atoms with van der Waals surface area (Å²) in [5.41, 5.74) is 0. The number of hydrogen-bond donors (Lipinski definition) is 0. The molecule has 0 atom stereocenters. The van der Waals surface area contributed by atoms with Crippen molar-refractivity contribution >= 4 is 27.6 Å². The zero-order chi connectivity index (χ0) is 17.3. The standard InChI is InChI=1S/C15H21ClN4O3S/c1-18-7-9-19(10-8-18)15-17-5-6-20(15)24(21,22)14-11-12(16)3-4-13(14)23-2/h3-4,11H,5-10H2,1-2H3. The highest BCUT2D eigenvalue weighted by Crippen LogP contribution is 2.31. The fraction of sp³-hybridized carbons (Fsp3) is 0.533. The zero-order valence-electron chi connectivity index (χ0n) is 13.8. The van der Waals surface area contributed by atoms with E-state index in [-0.39, 0.29) is 10.6 Å². The number of halogens is 1. The van der Waals surface area contributed by atoms with Crippen LogP contribution in [0, 0.1) is 0 Å². The SMILES string of the molecule is COc1ccc(Cl)cc1S(=O)(=O)N1CCN=C1N1CCN(C)CC1. The summed E-state index contributed by atoms with van der Waals surface area (Å²) in [6, 6.07) is 4.60. The molecule has 0 N–H and O–H groups in total. The zero-order valence-corrected chi connectivity index (χ0v) is 15.3. The number of sulfonamides is 1. The Kier molecular flexibility index (Phi) is 4.89. The molecule has 3 rings (SSSR count). The van der Waals surface area contributed by atoms with Crippen molar-refractivity contribution in [3.8, 4) is 5.75 Å². The lowest BCUT2D eigenvalue weighted by Gasteiger charge is -2.36. The van der Waals surface area contributed by atoms with Crippen molar-refractivity contribution in [2.24, 2.45) is 4.99 Å². The van der Waals surface area contributed by atoms with E-state index in [1.165, 1.54) is 17.5 Å². The molecule has 1 fully saturated rings. The van der Waals surface area contributed by atoms with Gasteiger partial charge in [-0.2, -0.15) is 0 Å². The second-order valence-electron chi connectivity index (χ2n) is 5.84. The molecule has 2 aliphatic heterocycles. The molecule has 7 nitrogen and oxygen atoms in total. The number of methoxy groups -OCH3 is 1. The summed E-state index contributed by atoms with van der Waals surface area (Å²) in [7, 11) is -0.277. The van der Waals surface area contributed by atoms with Crippen LogP contribution in [0.3, 0.4) is 0 Å². The Morgan fingerprint density at radius 1 is 1.17 bits per heavy atom. The predicted octanol–water partition coefficient (Wildman–Crippen LogP) is 0.956. The Hall–Kier alpha value is -1.51. The fourth-order valence-electron chi connectivity index (χ4n) is 2.88. The van der Waals surface area contributed by atoms with Crippen molar-refractivity contribution in [1.29, 1.82) is 0 Å². The molecule has 1 aromatic rings. The molecule has 0 spiro atoms. The normalized spacial score (nSPS) is 19.5. The maximum Gasteiger partial charge on any atom is 0.270 e. The largest absolute Gasteiger partial charge is 0.495 e. The van der Waals surface area contributed by atoms with Crippen LogP contribution in [0.5, 0.6) is 5.75 Å². The minimum Gasteiger partial charge on any atom is -0.495 e. The van der Waals surface area contributed by atoms with Gasteiger partial charge in [-0.3, -0.25) is 4.99 Å². The van der Waals surface area contributed by atoms with Gasteiger partial charge in [0.15, 0.2) is 0 Å². The number of nitrogens with zero attached hydrogens (tertiary/aromatic N) is 4. The smallest absolute Gasteiger partial charge is 0.270 e. The Morgan fingerprint density at radius 3 is 2.54 bits per heavy atom. The molecule has 1 saturated heterocycles. The van der Waals surface area contributed by atoms with Gasteiger partial charge in [-0.1, -0.05) is 11.6 Å². The van der Waals surface area contributed by atoms with E-state index in [4.69, 9.17) is 16.3 Å². The molecule has 1 aromatic carbocycles. The summed E-state index contributed by atoms with van der Waals surface area (Å²) in [6.07, 6.45) is 0.